The highest BCUT2D eigenvalue weighted by molar-refractivity contribution is 6.05. The lowest BCUT2D eigenvalue weighted by Crippen LogP contribution is -2.20. The van der Waals surface area contributed by atoms with E-state index in [1.54, 1.807) is 0 Å². The third kappa shape index (κ3) is 2.60. The molecule has 5 nitrogen and oxygen atoms in total. The molecule has 0 unspecified atom stereocenters. The zero-order valence-corrected chi connectivity index (χ0v) is 12.2. The molecule has 0 aliphatic heterocycles. The Balaban J connectivity index is 1.57. The summed E-state index contributed by atoms with van der Waals surface area (Å²) in [6.07, 6.45) is 0. The van der Waals surface area contributed by atoms with Crippen molar-refractivity contribution < 1.29 is 4.79 Å². The summed E-state index contributed by atoms with van der Waals surface area (Å²) in [6, 6.07) is 21.0. The number of urea groups is 1. The number of aromatic nitrogens is 2. The highest BCUT2D eigenvalue weighted by atomic mass is 16.2. The Morgan fingerprint density at radius 1 is 0.870 bits per heavy atom. The van der Waals surface area contributed by atoms with Crippen LogP contribution in [0.2, 0.25) is 0 Å². The Morgan fingerprint density at radius 2 is 1.65 bits per heavy atom. The number of imidazole rings is 1. The van der Waals surface area contributed by atoms with Crippen molar-refractivity contribution in [1.82, 2.24) is 9.97 Å². The molecule has 3 aromatic carbocycles. The molecule has 4 rings (SSSR count). The van der Waals surface area contributed by atoms with E-state index in [9.17, 15) is 4.79 Å². The van der Waals surface area contributed by atoms with Crippen LogP contribution in [-0.2, 0) is 0 Å². The predicted molar refractivity (Wildman–Crippen MR) is 92.7 cm³/mol. The fourth-order valence-corrected chi connectivity index (χ4v) is 2.61. The Labute approximate surface area is 132 Å². The molecular weight excluding hydrogens is 288 g/mol. The van der Waals surface area contributed by atoms with Gasteiger partial charge in [-0.15, -0.1) is 0 Å². The molecule has 0 aliphatic rings. The maximum atomic E-state index is 12.2. The second-order valence-corrected chi connectivity index (χ2v) is 5.21. The topological polar surface area (TPSA) is 69.8 Å². The fourth-order valence-electron chi connectivity index (χ4n) is 2.61. The van der Waals surface area contributed by atoms with Crippen molar-refractivity contribution in [2.45, 2.75) is 0 Å². The number of hydrogen-bond donors (Lipinski definition) is 3. The van der Waals surface area contributed by atoms with E-state index in [2.05, 4.69) is 20.6 Å². The number of nitrogens with one attached hydrogen (secondary N) is 3. The number of anilines is 2. The summed E-state index contributed by atoms with van der Waals surface area (Å²) >= 11 is 0. The molecule has 5 heteroatoms. The number of fused-ring (bicyclic) bond motifs is 2. The molecule has 2 amide bonds. The number of hydrogen-bond acceptors (Lipinski definition) is 2. The number of amides is 2. The van der Waals surface area contributed by atoms with Crippen molar-refractivity contribution in [2.75, 3.05) is 10.6 Å². The smallest absolute Gasteiger partial charge is 0.324 e. The molecule has 0 bridgehead atoms. The van der Waals surface area contributed by atoms with Crippen molar-refractivity contribution in [3.05, 3.63) is 66.7 Å². The first-order chi connectivity index (χ1) is 11.3. The van der Waals surface area contributed by atoms with Crippen molar-refractivity contribution in [3.63, 3.8) is 0 Å². The lowest BCUT2D eigenvalue weighted by Gasteiger charge is -2.08. The number of benzene rings is 3. The van der Waals surface area contributed by atoms with Crippen molar-refractivity contribution in [1.29, 1.82) is 0 Å². The van der Waals surface area contributed by atoms with Crippen LogP contribution in [0.5, 0.6) is 0 Å². The first-order valence-electron chi connectivity index (χ1n) is 7.30. The molecule has 1 aromatic heterocycles. The van der Waals surface area contributed by atoms with Crippen molar-refractivity contribution >= 4 is 39.5 Å². The van der Waals surface area contributed by atoms with Crippen LogP contribution in [-0.4, -0.2) is 16.0 Å². The summed E-state index contributed by atoms with van der Waals surface area (Å²) in [4.78, 5) is 19.6. The number of nitrogens with zero attached hydrogens (tertiary/aromatic N) is 1. The van der Waals surface area contributed by atoms with Gasteiger partial charge >= 0.3 is 6.03 Å². The third-order valence-electron chi connectivity index (χ3n) is 3.66. The quantitative estimate of drug-likeness (QED) is 0.515. The van der Waals surface area contributed by atoms with E-state index < -0.39 is 0 Å². The van der Waals surface area contributed by atoms with Gasteiger partial charge in [0, 0.05) is 5.39 Å². The van der Waals surface area contributed by atoms with Crippen LogP contribution in [0.1, 0.15) is 0 Å². The molecule has 1 heterocycles. The standard InChI is InChI=1S/C18H14N4O/c23-18(22-17-19-15-9-3-4-10-16(15)20-17)21-14-11-5-7-12-6-1-2-8-13(12)14/h1-11H,(H3,19,20,21,22,23). The lowest BCUT2D eigenvalue weighted by atomic mass is 10.1. The van der Waals surface area contributed by atoms with Gasteiger partial charge in [0.25, 0.3) is 0 Å². The van der Waals surface area contributed by atoms with Crippen LogP contribution in [0.3, 0.4) is 0 Å². The Hall–Kier alpha value is -3.34. The molecule has 112 valence electrons. The number of rotatable bonds is 2. The van der Waals surface area contributed by atoms with E-state index in [1.165, 1.54) is 0 Å². The van der Waals surface area contributed by atoms with E-state index in [-0.39, 0.29) is 6.03 Å². The molecule has 0 fully saturated rings. The van der Waals surface area contributed by atoms with Gasteiger partial charge in [0.15, 0.2) is 0 Å². The second kappa shape index (κ2) is 5.46. The van der Waals surface area contributed by atoms with Crippen LogP contribution in [0.4, 0.5) is 16.4 Å². The summed E-state index contributed by atoms with van der Waals surface area (Å²) in [6.45, 7) is 0. The lowest BCUT2D eigenvalue weighted by molar-refractivity contribution is 0.262. The number of carbonyl (C=O) groups is 1. The van der Waals surface area contributed by atoms with Crippen LogP contribution >= 0.6 is 0 Å². The number of carbonyl (C=O) groups excluding carboxylic acids is 1. The highest BCUT2D eigenvalue weighted by Crippen LogP contribution is 2.23. The monoisotopic (exact) mass is 302 g/mol. The molecule has 0 atom stereocenters. The zero-order valence-electron chi connectivity index (χ0n) is 12.2. The van der Waals surface area contributed by atoms with E-state index in [0.717, 1.165) is 27.5 Å². The molecule has 4 aromatic rings. The van der Waals surface area contributed by atoms with Gasteiger partial charge in [0.05, 0.1) is 16.7 Å². The van der Waals surface area contributed by atoms with Gasteiger partial charge in [-0.05, 0) is 23.6 Å². The Kier molecular flexibility index (Phi) is 3.16. The molecule has 0 radical (unpaired) electrons. The minimum absolute atomic E-state index is 0.333. The van der Waals surface area contributed by atoms with Crippen LogP contribution < -0.4 is 10.6 Å². The van der Waals surface area contributed by atoms with Gasteiger partial charge in [0.1, 0.15) is 0 Å². The van der Waals surface area contributed by atoms with E-state index >= 15 is 0 Å². The van der Waals surface area contributed by atoms with Crippen molar-refractivity contribution in [2.24, 2.45) is 0 Å². The molecule has 0 spiro atoms. The summed E-state index contributed by atoms with van der Waals surface area (Å²) in [5.74, 6) is 0.420. The number of aromatic amines is 1. The average Bonchev–Trinajstić information content (AvgIpc) is 2.97. The molecule has 0 saturated carbocycles. The number of H-pyrrole nitrogens is 1. The van der Waals surface area contributed by atoms with Gasteiger partial charge in [-0.25, -0.2) is 9.78 Å². The van der Waals surface area contributed by atoms with Gasteiger partial charge in [-0.3, -0.25) is 5.32 Å². The first-order valence-corrected chi connectivity index (χ1v) is 7.30. The van der Waals surface area contributed by atoms with Crippen molar-refractivity contribution in [3.8, 4) is 0 Å². The van der Waals surface area contributed by atoms with Gasteiger partial charge in [-0.2, -0.15) is 0 Å². The van der Waals surface area contributed by atoms with Gasteiger partial charge in [-0.1, -0.05) is 48.5 Å². The minimum Gasteiger partial charge on any atom is -0.324 e. The van der Waals surface area contributed by atoms with E-state index in [0.29, 0.717) is 5.95 Å². The van der Waals surface area contributed by atoms with Gasteiger partial charge < -0.3 is 10.3 Å². The van der Waals surface area contributed by atoms with Gasteiger partial charge in [0.2, 0.25) is 5.95 Å². The van der Waals surface area contributed by atoms with Crippen LogP contribution in [0, 0.1) is 0 Å². The second-order valence-electron chi connectivity index (χ2n) is 5.21. The molecule has 3 N–H and O–H groups in total. The molecule has 0 aliphatic carbocycles. The average molecular weight is 302 g/mol. The Bertz CT molecular complexity index is 968. The maximum absolute atomic E-state index is 12.2. The highest BCUT2D eigenvalue weighted by Gasteiger charge is 2.08. The number of para-hydroxylation sites is 2. The van der Waals surface area contributed by atoms with E-state index in [1.807, 2.05) is 66.7 Å². The zero-order chi connectivity index (χ0) is 15.6. The summed E-state index contributed by atoms with van der Waals surface area (Å²) in [5, 5.41) is 7.67. The van der Waals surface area contributed by atoms with Crippen LogP contribution in [0.25, 0.3) is 21.8 Å². The Morgan fingerprint density at radius 3 is 2.57 bits per heavy atom. The first kappa shape index (κ1) is 13.3. The fraction of sp³-hybridized carbons (Fsp3) is 0. The molecular formula is C18H14N4O. The SMILES string of the molecule is O=C(Nc1nc2ccccc2[nH]1)Nc1cccc2ccccc12. The minimum atomic E-state index is -0.333. The summed E-state index contributed by atoms with van der Waals surface area (Å²) in [5.41, 5.74) is 2.46. The predicted octanol–water partition coefficient (Wildman–Crippen LogP) is 4.36. The molecule has 23 heavy (non-hydrogen) atoms. The van der Waals surface area contributed by atoms with Crippen LogP contribution in [0.15, 0.2) is 66.7 Å². The third-order valence-corrected chi connectivity index (χ3v) is 3.66. The normalized spacial score (nSPS) is 10.8. The summed E-state index contributed by atoms with van der Waals surface area (Å²) < 4.78 is 0. The largest absolute Gasteiger partial charge is 0.326 e. The molecule has 0 saturated heterocycles. The summed E-state index contributed by atoms with van der Waals surface area (Å²) in [7, 11) is 0. The van der Waals surface area contributed by atoms with E-state index in [4.69, 9.17) is 0 Å². The maximum Gasteiger partial charge on any atom is 0.326 e.